The van der Waals surface area contributed by atoms with E-state index in [0.717, 1.165) is 41.4 Å². The van der Waals surface area contributed by atoms with Gasteiger partial charge in [-0.25, -0.2) is 0 Å². The molecule has 0 radical (unpaired) electrons. The van der Waals surface area contributed by atoms with E-state index in [0.29, 0.717) is 0 Å². The maximum atomic E-state index is 12.0. The van der Waals surface area contributed by atoms with E-state index >= 15 is 0 Å². The molecule has 0 aliphatic rings. The Morgan fingerprint density at radius 2 is 2.10 bits per heavy atom. The zero-order chi connectivity index (χ0) is 14.5. The lowest BCUT2D eigenvalue weighted by Gasteiger charge is -2.15. The van der Waals surface area contributed by atoms with Gasteiger partial charge in [0.05, 0.1) is 18.5 Å². The van der Waals surface area contributed by atoms with Crippen LogP contribution in [0.15, 0.2) is 30.3 Å². The van der Waals surface area contributed by atoms with E-state index in [1.807, 2.05) is 25.1 Å². The monoisotopic (exact) mass is 271 g/mol. The van der Waals surface area contributed by atoms with Crippen molar-refractivity contribution < 1.29 is 9.53 Å². The van der Waals surface area contributed by atoms with Gasteiger partial charge in [-0.05, 0) is 37.1 Å². The lowest BCUT2D eigenvalue weighted by atomic mass is 9.92. The van der Waals surface area contributed by atoms with Gasteiger partial charge in [0.15, 0.2) is 0 Å². The average Bonchev–Trinajstić information content (AvgIpc) is 2.47. The molecule has 1 heterocycles. The summed E-state index contributed by atoms with van der Waals surface area (Å²) in [5.41, 5.74) is 2.98. The first kappa shape index (κ1) is 14.5. The molecule has 0 amide bonds. The second-order valence-corrected chi connectivity index (χ2v) is 5.12. The van der Waals surface area contributed by atoms with Gasteiger partial charge in [-0.1, -0.05) is 31.9 Å². The summed E-state index contributed by atoms with van der Waals surface area (Å²) in [5.74, 6) is -0.330. The fraction of sp³-hybridized carbons (Fsp3) is 0.412. The van der Waals surface area contributed by atoms with E-state index in [1.165, 1.54) is 7.11 Å². The maximum Gasteiger partial charge on any atom is 0.313 e. The van der Waals surface area contributed by atoms with Crippen molar-refractivity contribution in [1.29, 1.82) is 0 Å². The summed E-state index contributed by atoms with van der Waals surface area (Å²) in [5, 5.41) is 1.07. The second-order valence-electron chi connectivity index (χ2n) is 5.12. The third-order valence-corrected chi connectivity index (χ3v) is 3.59. The second kappa shape index (κ2) is 6.51. The van der Waals surface area contributed by atoms with E-state index < -0.39 is 0 Å². The normalized spacial score (nSPS) is 12.3. The Bertz CT molecular complexity index is 607. The van der Waals surface area contributed by atoms with Crippen molar-refractivity contribution in [3.63, 3.8) is 0 Å². The zero-order valence-corrected chi connectivity index (χ0v) is 12.3. The van der Waals surface area contributed by atoms with Crippen molar-refractivity contribution >= 4 is 16.9 Å². The largest absolute Gasteiger partial charge is 0.469 e. The van der Waals surface area contributed by atoms with Crippen LogP contribution in [0, 0.1) is 6.92 Å². The summed E-state index contributed by atoms with van der Waals surface area (Å²) in [6.07, 6.45) is 2.92. The number of aryl methyl sites for hydroxylation is 1. The highest BCUT2D eigenvalue weighted by molar-refractivity contribution is 5.83. The summed E-state index contributed by atoms with van der Waals surface area (Å²) in [4.78, 5) is 16.5. The molecule has 3 nitrogen and oxygen atoms in total. The molecule has 0 fully saturated rings. The van der Waals surface area contributed by atoms with E-state index in [1.54, 1.807) is 0 Å². The van der Waals surface area contributed by atoms with Crippen molar-refractivity contribution in [3.05, 3.63) is 41.6 Å². The number of hydrogen-bond acceptors (Lipinski definition) is 3. The molecule has 0 aliphatic heterocycles. The Kier molecular flexibility index (Phi) is 4.72. The third kappa shape index (κ3) is 3.16. The Labute approximate surface area is 120 Å². The topological polar surface area (TPSA) is 39.2 Å². The quantitative estimate of drug-likeness (QED) is 0.772. The number of carbonyl (C=O) groups excluding carboxylic acids is 1. The Morgan fingerprint density at radius 3 is 2.80 bits per heavy atom. The maximum absolute atomic E-state index is 12.0. The van der Waals surface area contributed by atoms with Gasteiger partial charge in [0.25, 0.3) is 0 Å². The molecule has 2 aromatic rings. The van der Waals surface area contributed by atoms with Crippen molar-refractivity contribution in [3.8, 4) is 0 Å². The number of unbranched alkanes of at least 4 members (excludes halogenated alkanes) is 1. The highest BCUT2D eigenvalue weighted by atomic mass is 16.5. The molecule has 106 valence electrons. The molecule has 1 aromatic carbocycles. The molecule has 3 heteroatoms. The smallest absolute Gasteiger partial charge is 0.313 e. The molecular formula is C17H21NO2. The SMILES string of the molecule is CCCCC(C(=O)OC)c1ccc2nc(C)ccc2c1. The van der Waals surface area contributed by atoms with Crippen molar-refractivity contribution in [2.45, 2.75) is 39.0 Å². The number of nitrogens with zero attached hydrogens (tertiary/aromatic N) is 1. The summed E-state index contributed by atoms with van der Waals surface area (Å²) in [6.45, 7) is 4.10. The van der Waals surface area contributed by atoms with Crippen LogP contribution in [-0.2, 0) is 9.53 Å². The van der Waals surface area contributed by atoms with Crippen LogP contribution in [0.5, 0.6) is 0 Å². The molecule has 1 atom stereocenters. The lowest BCUT2D eigenvalue weighted by molar-refractivity contribution is -0.142. The number of esters is 1. The molecule has 2 rings (SSSR count). The lowest BCUT2D eigenvalue weighted by Crippen LogP contribution is -2.14. The van der Waals surface area contributed by atoms with Crippen LogP contribution in [0.2, 0.25) is 0 Å². The predicted molar refractivity (Wildman–Crippen MR) is 80.8 cm³/mol. The van der Waals surface area contributed by atoms with Gasteiger partial charge in [0, 0.05) is 11.1 Å². The Morgan fingerprint density at radius 1 is 1.30 bits per heavy atom. The van der Waals surface area contributed by atoms with E-state index in [4.69, 9.17) is 4.74 Å². The van der Waals surface area contributed by atoms with Crippen molar-refractivity contribution in [2.75, 3.05) is 7.11 Å². The van der Waals surface area contributed by atoms with E-state index in [-0.39, 0.29) is 11.9 Å². The van der Waals surface area contributed by atoms with Gasteiger partial charge < -0.3 is 4.74 Å². The van der Waals surface area contributed by atoms with E-state index in [2.05, 4.69) is 24.0 Å². The minimum atomic E-state index is -0.175. The molecule has 20 heavy (non-hydrogen) atoms. The first-order valence-electron chi connectivity index (χ1n) is 7.11. The van der Waals surface area contributed by atoms with E-state index in [9.17, 15) is 4.79 Å². The number of hydrogen-bond donors (Lipinski definition) is 0. The summed E-state index contributed by atoms with van der Waals surface area (Å²) < 4.78 is 4.94. The minimum Gasteiger partial charge on any atom is -0.469 e. The van der Waals surface area contributed by atoms with Gasteiger partial charge in [0.1, 0.15) is 0 Å². The van der Waals surface area contributed by atoms with Gasteiger partial charge in [-0.3, -0.25) is 9.78 Å². The molecule has 1 unspecified atom stereocenters. The number of rotatable bonds is 5. The fourth-order valence-corrected chi connectivity index (χ4v) is 2.43. The number of fused-ring (bicyclic) bond motifs is 1. The molecule has 0 bridgehead atoms. The van der Waals surface area contributed by atoms with Crippen LogP contribution < -0.4 is 0 Å². The van der Waals surface area contributed by atoms with Crippen LogP contribution in [0.1, 0.15) is 43.4 Å². The predicted octanol–water partition coefficient (Wildman–Crippen LogP) is 3.99. The number of aromatic nitrogens is 1. The van der Waals surface area contributed by atoms with Gasteiger partial charge in [0.2, 0.25) is 0 Å². The van der Waals surface area contributed by atoms with Crippen molar-refractivity contribution in [1.82, 2.24) is 4.98 Å². The molecular weight excluding hydrogens is 250 g/mol. The Hall–Kier alpha value is -1.90. The number of pyridine rings is 1. The average molecular weight is 271 g/mol. The zero-order valence-electron chi connectivity index (χ0n) is 12.3. The van der Waals surface area contributed by atoms with Crippen LogP contribution in [0.4, 0.5) is 0 Å². The number of ether oxygens (including phenoxy) is 1. The van der Waals surface area contributed by atoms with Crippen molar-refractivity contribution in [2.24, 2.45) is 0 Å². The molecule has 0 saturated carbocycles. The number of methoxy groups -OCH3 is 1. The molecule has 0 saturated heterocycles. The Balaban J connectivity index is 2.37. The first-order chi connectivity index (χ1) is 9.65. The number of benzene rings is 1. The van der Waals surface area contributed by atoms with Gasteiger partial charge in [-0.2, -0.15) is 0 Å². The number of carbonyl (C=O) groups is 1. The summed E-state index contributed by atoms with van der Waals surface area (Å²) in [7, 11) is 1.45. The highest BCUT2D eigenvalue weighted by Gasteiger charge is 2.21. The standard InChI is InChI=1S/C17H21NO2/c1-4-5-6-15(17(19)20-3)13-9-10-16-14(11-13)8-7-12(2)18-16/h7-11,15H,4-6H2,1-3H3. The van der Waals surface area contributed by atoms with Gasteiger partial charge in [-0.15, -0.1) is 0 Å². The molecule has 1 aromatic heterocycles. The highest BCUT2D eigenvalue weighted by Crippen LogP contribution is 2.26. The fourth-order valence-electron chi connectivity index (χ4n) is 2.43. The van der Waals surface area contributed by atoms with Crippen LogP contribution in [0.3, 0.4) is 0 Å². The van der Waals surface area contributed by atoms with Crippen LogP contribution >= 0.6 is 0 Å². The molecule has 0 spiro atoms. The minimum absolute atomic E-state index is 0.155. The molecule has 0 aliphatic carbocycles. The summed E-state index contributed by atoms with van der Waals surface area (Å²) in [6, 6.07) is 10.1. The third-order valence-electron chi connectivity index (χ3n) is 3.59. The first-order valence-corrected chi connectivity index (χ1v) is 7.11. The van der Waals surface area contributed by atoms with Crippen LogP contribution in [0.25, 0.3) is 10.9 Å². The van der Waals surface area contributed by atoms with Gasteiger partial charge >= 0.3 is 5.97 Å². The summed E-state index contributed by atoms with van der Waals surface area (Å²) >= 11 is 0. The molecule has 0 N–H and O–H groups in total. The van der Waals surface area contributed by atoms with Crippen LogP contribution in [-0.4, -0.2) is 18.1 Å².